The van der Waals surface area contributed by atoms with E-state index in [1.165, 1.54) is 17.8 Å². The maximum atomic E-state index is 13.0. The molecule has 1 aromatic heterocycles. The Morgan fingerprint density at radius 2 is 2.00 bits per heavy atom. The summed E-state index contributed by atoms with van der Waals surface area (Å²) >= 11 is 1.21. The van der Waals surface area contributed by atoms with Crippen LogP contribution in [0.1, 0.15) is 5.56 Å². The highest BCUT2D eigenvalue weighted by Gasteiger charge is 2.07. The van der Waals surface area contributed by atoms with E-state index in [1.54, 1.807) is 6.20 Å². The summed E-state index contributed by atoms with van der Waals surface area (Å²) in [5.41, 5.74) is 6.29. The molecule has 0 radical (unpaired) electrons. The van der Waals surface area contributed by atoms with Crippen LogP contribution in [0.5, 0.6) is 0 Å². The van der Waals surface area contributed by atoms with Crippen LogP contribution in [0.4, 0.5) is 14.7 Å². The summed E-state index contributed by atoms with van der Waals surface area (Å²) in [6, 6.07) is 3.69. The van der Waals surface area contributed by atoms with Crippen molar-refractivity contribution in [1.29, 1.82) is 0 Å². The van der Waals surface area contributed by atoms with E-state index in [4.69, 9.17) is 5.73 Å². The Balaban J connectivity index is 2.31. The predicted molar refractivity (Wildman–Crippen MR) is 61.7 cm³/mol. The molecule has 1 aromatic carbocycles. The summed E-state index contributed by atoms with van der Waals surface area (Å²) in [4.78, 5) is 8.43. The number of aryl methyl sites for hydroxylation is 1. The Labute approximate surface area is 101 Å². The minimum absolute atomic E-state index is 0.153. The monoisotopic (exact) mass is 253 g/mol. The number of nitrogens with two attached hydrogens (primary N) is 1. The molecule has 0 atom stereocenters. The zero-order chi connectivity index (χ0) is 12.4. The first-order chi connectivity index (χ1) is 8.06. The van der Waals surface area contributed by atoms with Crippen molar-refractivity contribution in [3.63, 3.8) is 0 Å². The van der Waals surface area contributed by atoms with E-state index in [1.807, 2.05) is 6.92 Å². The van der Waals surface area contributed by atoms with Crippen LogP contribution in [0.15, 0.2) is 34.3 Å². The standard InChI is InChI=1S/C11H9F2N3S/c1-6-5-15-11(14)16-10(6)17-7-2-3-8(12)9(13)4-7/h2-5H,1H3,(H2,14,15,16). The van der Waals surface area contributed by atoms with Crippen LogP contribution in [0.2, 0.25) is 0 Å². The number of aromatic nitrogens is 2. The summed E-state index contributed by atoms with van der Waals surface area (Å²) < 4.78 is 25.8. The zero-order valence-electron chi connectivity index (χ0n) is 8.95. The molecule has 0 aliphatic rings. The Bertz CT molecular complexity index is 560. The smallest absolute Gasteiger partial charge is 0.221 e. The lowest BCUT2D eigenvalue weighted by atomic mass is 10.3. The molecular formula is C11H9F2N3S. The molecule has 0 amide bonds. The number of nitrogen functional groups attached to an aromatic ring is 1. The van der Waals surface area contributed by atoms with Gasteiger partial charge in [-0.15, -0.1) is 0 Å². The summed E-state index contributed by atoms with van der Waals surface area (Å²) in [7, 11) is 0. The topological polar surface area (TPSA) is 51.8 Å². The van der Waals surface area contributed by atoms with Crippen LogP contribution >= 0.6 is 11.8 Å². The van der Waals surface area contributed by atoms with Crippen molar-refractivity contribution in [3.05, 3.63) is 41.6 Å². The third kappa shape index (κ3) is 2.71. The molecule has 3 nitrogen and oxygen atoms in total. The third-order valence-corrected chi connectivity index (χ3v) is 3.15. The van der Waals surface area contributed by atoms with Crippen LogP contribution in [0.25, 0.3) is 0 Å². The van der Waals surface area contributed by atoms with Gasteiger partial charge in [0, 0.05) is 16.7 Å². The fraction of sp³-hybridized carbons (Fsp3) is 0.0909. The number of rotatable bonds is 2. The lowest BCUT2D eigenvalue weighted by Gasteiger charge is -2.05. The van der Waals surface area contributed by atoms with Gasteiger partial charge in [0.25, 0.3) is 0 Å². The van der Waals surface area contributed by atoms with Gasteiger partial charge in [0.05, 0.1) is 0 Å². The second-order valence-electron chi connectivity index (χ2n) is 3.39. The first kappa shape index (κ1) is 11.8. The molecule has 6 heteroatoms. The summed E-state index contributed by atoms with van der Waals surface area (Å²) in [5.74, 6) is -1.59. The highest BCUT2D eigenvalue weighted by molar-refractivity contribution is 7.99. The van der Waals surface area contributed by atoms with Gasteiger partial charge in [-0.25, -0.2) is 18.7 Å². The molecule has 0 aliphatic carbocycles. The molecule has 88 valence electrons. The molecule has 2 rings (SSSR count). The second-order valence-corrected chi connectivity index (χ2v) is 4.46. The van der Waals surface area contributed by atoms with Crippen molar-refractivity contribution in [1.82, 2.24) is 9.97 Å². The van der Waals surface area contributed by atoms with Crippen molar-refractivity contribution >= 4 is 17.7 Å². The van der Waals surface area contributed by atoms with Gasteiger partial charge in [-0.2, -0.15) is 0 Å². The van der Waals surface area contributed by atoms with E-state index in [0.717, 1.165) is 17.7 Å². The fourth-order valence-electron chi connectivity index (χ4n) is 1.19. The number of anilines is 1. The Hall–Kier alpha value is -1.69. The largest absolute Gasteiger partial charge is 0.368 e. The molecule has 0 saturated heterocycles. The molecule has 2 aromatic rings. The molecule has 0 fully saturated rings. The average molecular weight is 253 g/mol. The molecular weight excluding hydrogens is 244 g/mol. The second kappa shape index (κ2) is 4.67. The Morgan fingerprint density at radius 1 is 1.24 bits per heavy atom. The summed E-state index contributed by atoms with van der Waals surface area (Å²) in [6.45, 7) is 1.82. The molecule has 0 bridgehead atoms. The lowest BCUT2D eigenvalue weighted by Crippen LogP contribution is -1.97. The van der Waals surface area contributed by atoms with Crippen LogP contribution < -0.4 is 5.73 Å². The van der Waals surface area contributed by atoms with Crippen molar-refractivity contribution in [2.24, 2.45) is 0 Å². The van der Waals surface area contributed by atoms with Gasteiger partial charge < -0.3 is 5.73 Å². The van der Waals surface area contributed by atoms with Crippen molar-refractivity contribution < 1.29 is 8.78 Å². The third-order valence-electron chi connectivity index (χ3n) is 2.05. The van der Waals surface area contributed by atoms with Crippen molar-refractivity contribution in [2.45, 2.75) is 16.8 Å². The maximum absolute atomic E-state index is 13.0. The van der Waals surface area contributed by atoms with Crippen LogP contribution in [-0.2, 0) is 0 Å². The number of hydrogen-bond acceptors (Lipinski definition) is 4. The average Bonchev–Trinajstić information content (AvgIpc) is 2.29. The quantitative estimate of drug-likeness (QED) is 0.836. The van der Waals surface area contributed by atoms with Gasteiger partial charge >= 0.3 is 0 Å². The van der Waals surface area contributed by atoms with E-state index in [9.17, 15) is 8.78 Å². The Kier molecular flexibility index (Phi) is 3.23. The van der Waals surface area contributed by atoms with Gasteiger partial charge in [0.2, 0.25) is 5.95 Å². The fourth-order valence-corrected chi connectivity index (χ4v) is 2.07. The molecule has 1 heterocycles. The number of halogens is 2. The van der Waals surface area contributed by atoms with Crippen molar-refractivity contribution in [2.75, 3.05) is 5.73 Å². The highest BCUT2D eigenvalue weighted by Crippen LogP contribution is 2.29. The first-order valence-electron chi connectivity index (χ1n) is 4.78. The normalized spacial score (nSPS) is 10.5. The number of benzene rings is 1. The molecule has 0 unspecified atom stereocenters. The van der Waals surface area contributed by atoms with Crippen LogP contribution in [0.3, 0.4) is 0 Å². The maximum Gasteiger partial charge on any atom is 0.221 e. The Morgan fingerprint density at radius 3 is 2.71 bits per heavy atom. The zero-order valence-corrected chi connectivity index (χ0v) is 9.76. The molecule has 0 saturated carbocycles. The van der Waals surface area contributed by atoms with E-state index in [0.29, 0.717) is 9.92 Å². The molecule has 0 spiro atoms. The highest BCUT2D eigenvalue weighted by atomic mass is 32.2. The van der Waals surface area contributed by atoms with Crippen molar-refractivity contribution in [3.8, 4) is 0 Å². The first-order valence-corrected chi connectivity index (χ1v) is 5.60. The van der Waals surface area contributed by atoms with E-state index < -0.39 is 11.6 Å². The molecule has 2 N–H and O–H groups in total. The minimum atomic E-state index is -0.880. The molecule has 0 aliphatic heterocycles. The number of nitrogens with zero attached hydrogens (tertiary/aromatic N) is 2. The van der Waals surface area contributed by atoms with Gasteiger partial charge in [0.1, 0.15) is 5.03 Å². The SMILES string of the molecule is Cc1cnc(N)nc1Sc1ccc(F)c(F)c1. The van der Waals surface area contributed by atoms with Gasteiger partial charge in [-0.3, -0.25) is 0 Å². The van der Waals surface area contributed by atoms with Gasteiger partial charge in [-0.1, -0.05) is 11.8 Å². The number of hydrogen-bond donors (Lipinski definition) is 1. The van der Waals surface area contributed by atoms with E-state index in [2.05, 4.69) is 9.97 Å². The molecule has 17 heavy (non-hydrogen) atoms. The summed E-state index contributed by atoms with van der Waals surface area (Å²) in [6.07, 6.45) is 1.59. The van der Waals surface area contributed by atoms with E-state index >= 15 is 0 Å². The van der Waals surface area contributed by atoms with Crippen LogP contribution in [-0.4, -0.2) is 9.97 Å². The lowest BCUT2D eigenvalue weighted by molar-refractivity contribution is 0.506. The van der Waals surface area contributed by atoms with Gasteiger partial charge in [0.15, 0.2) is 11.6 Å². The minimum Gasteiger partial charge on any atom is -0.368 e. The van der Waals surface area contributed by atoms with Gasteiger partial charge in [-0.05, 0) is 25.1 Å². The predicted octanol–water partition coefficient (Wildman–Crippen LogP) is 2.80. The van der Waals surface area contributed by atoms with E-state index in [-0.39, 0.29) is 5.95 Å². The van der Waals surface area contributed by atoms with Crippen LogP contribution in [0, 0.1) is 18.6 Å². The summed E-state index contributed by atoms with van der Waals surface area (Å²) in [5, 5.41) is 0.628.